The summed E-state index contributed by atoms with van der Waals surface area (Å²) in [5.74, 6) is 0.995. The number of fused-ring (bicyclic) bond motifs is 1. The molecule has 0 heterocycles. The van der Waals surface area contributed by atoms with Crippen molar-refractivity contribution in [1.29, 1.82) is 0 Å². The van der Waals surface area contributed by atoms with Gasteiger partial charge in [0.2, 0.25) is 0 Å². The highest BCUT2D eigenvalue weighted by atomic mass is 16.5. The molecule has 0 fully saturated rings. The molecule has 0 saturated carbocycles. The third kappa shape index (κ3) is 1.53. The van der Waals surface area contributed by atoms with Crippen molar-refractivity contribution in [3.8, 4) is 5.75 Å². The van der Waals surface area contributed by atoms with E-state index in [4.69, 9.17) is 10.5 Å². The summed E-state index contributed by atoms with van der Waals surface area (Å²) in [7, 11) is 1.72. The smallest absolute Gasteiger partial charge is 0.122 e. The Morgan fingerprint density at radius 2 is 2.21 bits per heavy atom. The number of rotatable bonds is 2. The molecule has 1 aliphatic carbocycles. The zero-order valence-electron chi connectivity index (χ0n) is 8.42. The van der Waals surface area contributed by atoms with Crippen molar-refractivity contribution in [2.24, 2.45) is 5.73 Å². The molecule has 2 N–H and O–H groups in total. The summed E-state index contributed by atoms with van der Waals surface area (Å²) in [6.45, 7) is 0.663. The molecule has 74 valence electrons. The molecule has 14 heavy (non-hydrogen) atoms. The van der Waals surface area contributed by atoms with Gasteiger partial charge in [-0.05, 0) is 24.5 Å². The Hall–Kier alpha value is -1.28. The Labute approximate surface area is 84.4 Å². The molecule has 0 saturated heterocycles. The van der Waals surface area contributed by atoms with E-state index in [-0.39, 0.29) is 0 Å². The fourth-order valence-corrected chi connectivity index (χ4v) is 1.92. The van der Waals surface area contributed by atoms with Crippen molar-refractivity contribution < 1.29 is 4.74 Å². The molecule has 0 aliphatic heterocycles. The van der Waals surface area contributed by atoms with Crippen molar-refractivity contribution in [3.05, 3.63) is 34.9 Å². The SMILES string of the molecule is COc1cccc2c1CCC(CN)=C2. The molecule has 1 aromatic rings. The highest BCUT2D eigenvalue weighted by molar-refractivity contribution is 5.63. The third-order valence-electron chi connectivity index (χ3n) is 2.71. The molecule has 2 rings (SSSR count). The van der Waals surface area contributed by atoms with E-state index in [0.717, 1.165) is 18.6 Å². The fraction of sp³-hybridized carbons (Fsp3) is 0.333. The van der Waals surface area contributed by atoms with Crippen LogP contribution in [0.3, 0.4) is 0 Å². The van der Waals surface area contributed by atoms with Crippen molar-refractivity contribution in [2.75, 3.05) is 13.7 Å². The van der Waals surface area contributed by atoms with Crippen molar-refractivity contribution >= 4 is 6.08 Å². The summed E-state index contributed by atoms with van der Waals surface area (Å²) in [5, 5.41) is 0. The lowest BCUT2D eigenvalue weighted by molar-refractivity contribution is 0.409. The predicted octanol–water partition coefficient (Wildman–Crippen LogP) is 1.98. The van der Waals surface area contributed by atoms with Crippen LogP contribution in [0.4, 0.5) is 0 Å². The lowest BCUT2D eigenvalue weighted by atomic mass is 9.91. The maximum atomic E-state index is 5.63. The molecular weight excluding hydrogens is 174 g/mol. The standard InChI is InChI=1S/C12H15NO/c1-14-12-4-2-3-10-7-9(8-13)5-6-11(10)12/h2-4,7H,5-6,8,13H2,1H3. The number of nitrogens with two attached hydrogens (primary N) is 1. The number of ether oxygens (including phenoxy) is 1. The number of hydrogen-bond donors (Lipinski definition) is 1. The quantitative estimate of drug-likeness (QED) is 0.772. The molecule has 1 aromatic carbocycles. The first-order valence-electron chi connectivity index (χ1n) is 4.90. The third-order valence-corrected chi connectivity index (χ3v) is 2.71. The Balaban J connectivity index is 2.45. The van der Waals surface area contributed by atoms with Gasteiger partial charge in [0.1, 0.15) is 5.75 Å². The van der Waals surface area contributed by atoms with Crippen LogP contribution in [0.1, 0.15) is 17.5 Å². The molecule has 0 unspecified atom stereocenters. The van der Waals surface area contributed by atoms with Gasteiger partial charge in [0.15, 0.2) is 0 Å². The van der Waals surface area contributed by atoms with Gasteiger partial charge in [0, 0.05) is 12.1 Å². The average molecular weight is 189 g/mol. The monoisotopic (exact) mass is 189 g/mol. The van der Waals surface area contributed by atoms with Gasteiger partial charge >= 0.3 is 0 Å². The zero-order valence-corrected chi connectivity index (χ0v) is 8.42. The summed E-state index contributed by atoms with van der Waals surface area (Å²) in [6, 6.07) is 6.15. The Morgan fingerprint density at radius 1 is 1.36 bits per heavy atom. The molecule has 0 spiro atoms. The van der Waals surface area contributed by atoms with Gasteiger partial charge < -0.3 is 10.5 Å². The number of benzene rings is 1. The topological polar surface area (TPSA) is 35.2 Å². The van der Waals surface area contributed by atoms with Gasteiger partial charge in [-0.15, -0.1) is 0 Å². The largest absolute Gasteiger partial charge is 0.496 e. The maximum Gasteiger partial charge on any atom is 0.122 e. The van der Waals surface area contributed by atoms with Crippen LogP contribution >= 0.6 is 0 Å². The molecular formula is C12H15NO. The van der Waals surface area contributed by atoms with Crippen molar-refractivity contribution in [3.63, 3.8) is 0 Å². The number of methoxy groups -OCH3 is 1. The lowest BCUT2D eigenvalue weighted by Crippen LogP contribution is -2.09. The van der Waals surface area contributed by atoms with E-state index >= 15 is 0 Å². The van der Waals surface area contributed by atoms with Crippen LogP contribution in [0, 0.1) is 0 Å². The molecule has 1 aliphatic rings. The lowest BCUT2D eigenvalue weighted by Gasteiger charge is -2.17. The molecule has 0 amide bonds. The van der Waals surface area contributed by atoms with Crippen LogP contribution in [-0.4, -0.2) is 13.7 Å². The van der Waals surface area contributed by atoms with Gasteiger partial charge in [-0.2, -0.15) is 0 Å². The van der Waals surface area contributed by atoms with Crippen LogP contribution in [0.15, 0.2) is 23.8 Å². The fourth-order valence-electron chi connectivity index (χ4n) is 1.92. The molecule has 2 nitrogen and oxygen atoms in total. The molecule has 0 radical (unpaired) electrons. The van der Waals surface area contributed by atoms with Crippen LogP contribution in [0.2, 0.25) is 0 Å². The maximum absolute atomic E-state index is 5.63. The number of hydrogen-bond acceptors (Lipinski definition) is 2. The molecule has 2 heteroatoms. The first-order chi connectivity index (χ1) is 6.85. The van der Waals surface area contributed by atoms with Gasteiger partial charge in [0.25, 0.3) is 0 Å². The summed E-state index contributed by atoms with van der Waals surface area (Å²) >= 11 is 0. The summed E-state index contributed by atoms with van der Waals surface area (Å²) in [4.78, 5) is 0. The van der Waals surface area contributed by atoms with Crippen LogP contribution in [0.5, 0.6) is 5.75 Å². The van der Waals surface area contributed by atoms with E-state index in [1.54, 1.807) is 7.11 Å². The second-order valence-electron chi connectivity index (χ2n) is 3.53. The Bertz CT molecular complexity index is 369. The first kappa shape index (κ1) is 9.28. The Morgan fingerprint density at radius 3 is 2.93 bits per heavy atom. The van der Waals surface area contributed by atoms with Gasteiger partial charge in [-0.25, -0.2) is 0 Å². The summed E-state index contributed by atoms with van der Waals surface area (Å²) in [6.07, 6.45) is 4.29. The van der Waals surface area contributed by atoms with Gasteiger partial charge in [0.05, 0.1) is 7.11 Å². The van der Waals surface area contributed by atoms with Gasteiger partial charge in [-0.3, -0.25) is 0 Å². The van der Waals surface area contributed by atoms with E-state index in [9.17, 15) is 0 Å². The van der Waals surface area contributed by atoms with E-state index in [1.807, 2.05) is 12.1 Å². The van der Waals surface area contributed by atoms with E-state index in [0.29, 0.717) is 6.54 Å². The summed E-state index contributed by atoms with van der Waals surface area (Å²) in [5.41, 5.74) is 9.53. The average Bonchev–Trinajstić information content (AvgIpc) is 2.27. The zero-order chi connectivity index (χ0) is 9.97. The van der Waals surface area contributed by atoms with Crippen molar-refractivity contribution in [1.82, 2.24) is 0 Å². The predicted molar refractivity (Wildman–Crippen MR) is 58.3 cm³/mol. The minimum Gasteiger partial charge on any atom is -0.496 e. The second-order valence-corrected chi connectivity index (χ2v) is 3.53. The first-order valence-corrected chi connectivity index (χ1v) is 4.90. The highest BCUT2D eigenvalue weighted by Gasteiger charge is 2.12. The molecule has 0 aromatic heterocycles. The van der Waals surface area contributed by atoms with E-state index < -0.39 is 0 Å². The van der Waals surface area contributed by atoms with Crippen LogP contribution in [0.25, 0.3) is 6.08 Å². The summed E-state index contributed by atoms with van der Waals surface area (Å²) < 4.78 is 5.32. The van der Waals surface area contributed by atoms with Crippen LogP contribution in [-0.2, 0) is 6.42 Å². The van der Waals surface area contributed by atoms with Crippen molar-refractivity contribution in [2.45, 2.75) is 12.8 Å². The minimum atomic E-state index is 0.663. The van der Waals surface area contributed by atoms with E-state index in [1.165, 1.54) is 16.7 Å². The minimum absolute atomic E-state index is 0.663. The molecule has 0 bridgehead atoms. The molecule has 0 atom stereocenters. The van der Waals surface area contributed by atoms with Gasteiger partial charge in [-0.1, -0.05) is 23.8 Å². The van der Waals surface area contributed by atoms with Crippen LogP contribution < -0.4 is 10.5 Å². The van der Waals surface area contributed by atoms with E-state index in [2.05, 4.69) is 12.1 Å². The second kappa shape index (κ2) is 3.84. The normalized spacial score (nSPS) is 14.6. The highest BCUT2D eigenvalue weighted by Crippen LogP contribution is 2.30. The Kier molecular flexibility index (Phi) is 2.55.